The molecule has 31 heavy (non-hydrogen) atoms. The van der Waals surface area contributed by atoms with Crippen LogP contribution < -0.4 is 10.2 Å². The topological polar surface area (TPSA) is 136 Å². The van der Waals surface area contributed by atoms with Crippen molar-refractivity contribution in [3.8, 4) is 11.4 Å². The van der Waals surface area contributed by atoms with Gasteiger partial charge in [-0.3, -0.25) is 19.0 Å². The number of rotatable bonds is 6. The number of hydrogen-bond donors (Lipinski definition) is 4. The molecule has 0 unspecified atom stereocenters. The van der Waals surface area contributed by atoms with E-state index in [2.05, 4.69) is 25.4 Å². The van der Waals surface area contributed by atoms with E-state index >= 15 is 0 Å². The zero-order valence-corrected chi connectivity index (χ0v) is 17.8. The molecule has 2 aromatic heterocycles. The van der Waals surface area contributed by atoms with Crippen LogP contribution in [0, 0.1) is 0 Å². The Morgan fingerprint density at radius 2 is 1.94 bits per heavy atom. The lowest BCUT2D eigenvalue weighted by molar-refractivity contribution is 0.102. The number of ether oxygens (including phenoxy) is 1. The molecule has 0 bridgehead atoms. The number of benzene rings is 1. The Hall–Kier alpha value is -2.99. The Bertz CT molecular complexity index is 1030. The van der Waals surface area contributed by atoms with Crippen LogP contribution in [-0.2, 0) is 10.5 Å². The van der Waals surface area contributed by atoms with E-state index in [0.29, 0.717) is 49.2 Å². The lowest BCUT2D eigenvalue weighted by Crippen LogP contribution is -2.37. The molecule has 0 saturated carbocycles. The minimum absolute atomic E-state index is 0.0538. The van der Waals surface area contributed by atoms with Crippen LogP contribution in [0.1, 0.15) is 16.2 Å². The number of H-pyrrole nitrogens is 1. The summed E-state index contributed by atoms with van der Waals surface area (Å²) in [6.07, 6.45) is 2.92. The lowest BCUT2D eigenvalue weighted by atomic mass is 10.2. The van der Waals surface area contributed by atoms with Crippen LogP contribution in [0.3, 0.4) is 0 Å². The molecular weight excluding hydrogens is 420 g/mol. The predicted molar refractivity (Wildman–Crippen MR) is 120 cm³/mol. The summed E-state index contributed by atoms with van der Waals surface area (Å²) in [5.41, 5.74) is 2.30. The van der Waals surface area contributed by atoms with Crippen LogP contribution in [0.25, 0.3) is 11.4 Å². The molecule has 1 amide bonds. The third kappa shape index (κ3) is 5.58. The van der Waals surface area contributed by atoms with Gasteiger partial charge in [0, 0.05) is 42.9 Å². The molecule has 0 radical (unpaired) electrons. The standard InChI is InChI=1S/C20H24N6O4S/c1-31(28,29)13-16-12-18(26-8-10-30-11-9-26)24-19(22-16)14-2-4-15(5-3-14)23-20(27)17-6-7-21-25-17/h2-7,12,28-29H,8-11,13H2,1H3,(H,21,25)(H,23,27). The van der Waals surface area contributed by atoms with Crippen molar-refractivity contribution >= 4 is 28.0 Å². The maximum absolute atomic E-state index is 12.2. The molecule has 0 spiro atoms. The van der Waals surface area contributed by atoms with Crippen LogP contribution in [-0.4, -0.2) is 67.7 Å². The van der Waals surface area contributed by atoms with Gasteiger partial charge in [0.2, 0.25) is 0 Å². The second-order valence-electron chi connectivity index (χ2n) is 7.28. The summed E-state index contributed by atoms with van der Waals surface area (Å²) < 4.78 is 25.3. The summed E-state index contributed by atoms with van der Waals surface area (Å²) in [5, 5.41) is 9.19. The fourth-order valence-corrected chi connectivity index (χ4v) is 3.91. The number of anilines is 2. The molecule has 3 heterocycles. The van der Waals surface area contributed by atoms with Gasteiger partial charge in [-0.2, -0.15) is 15.7 Å². The smallest absolute Gasteiger partial charge is 0.273 e. The average Bonchev–Trinajstić information content (AvgIpc) is 3.29. The third-order valence-electron chi connectivity index (χ3n) is 4.67. The van der Waals surface area contributed by atoms with Gasteiger partial charge in [0.25, 0.3) is 5.91 Å². The van der Waals surface area contributed by atoms with Crippen LogP contribution >= 0.6 is 10.6 Å². The quantitative estimate of drug-likeness (QED) is 0.456. The number of aromatic amines is 1. The summed E-state index contributed by atoms with van der Waals surface area (Å²) in [5.74, 6) is 0.974. The first-order valence-corrected chi connectivity index (χ1v) is 11.8. The highest BCUT2D eigenvalue weighted by molar-refractivity contribution is 8.23. The monoisotopic (exact) mass is 444 g/mol. The number of aromatic nitrogens is 4. The third-order valence-corrected chi connectivity index (χ3v) is 5.51. The second kappa shape index (κ2) is 9.02. The van der Waals surface area contributed by atoms with Gasteiger partial charge in [-0.15, -0.1) is 0 Å². The molecule has 0 aliphatic carbocycles. The Kier molecular flexibility index (Phi) is 6.18. The fraction of sp³-hybridized carbons (Fsp3) is 0.300. The lowest BCUT2D eigenvalue weighted by Gasteiger charge is -2.30. The molecule has 3 aromatic rings. The van der Waals surface area contributed by atoms with E-state index in [9.17, 15) is 13.9 Å². The van der Waals surface area contributed by atoms with Crippen LogP contribution in [0.4, 0.5) is 11.5 Å². The van der Waals surface area contributed by atoms with Gasteiger partial charge in [0.1, 0.15) is 11.5 Å². The number of carbonyl (C=O) groups excluding carboxylic acids is 1. The summed E-state index contributed by atoms with van der Waals surface area (Å²) >= 11 is 0. The van der Waals surface area contributed by atoms with E-state index < -0.39 is 10.6 Å². The first-order chi connectivity index (χ1) is 14.9. The highest BCUT2D eigenvalue weighted by Crippen LogP contribution is 2.38. The fourth-order valence-electron chi connectivity index (χ4n) is 3.20. The van der Waals surface area contributed by atoms with Crippen molar-refractivity contribution in [2.45, 2.75) is 5.75 Å². The largest absolute Gasteiger partial charge is 0.378 e. The van der Waals surface area contributed by atoms with Gasteiger partial charge in [-0.1, -0.05) is 0 Å². The van der Waals surface area contributed by atoms with Crippen molar-refractivity contribution in [1.29, 1.82) is 0 Å². The minimum Gasteiger partial charge on any atom is -0.378 e. The van der Waals surface area contributed by atoms with E-state index in [1.165, 1.54) is 12.5 Å². The number of morpholine rings is 1. The Balaban J connectivity index is 1.59. The molecule has 1 fully saturated rings. The number of amides is 1. The zero-order valence-electron chi connectivity index (χ0n) is 17.0. The number of carbonyl (C=O) groups is 1. The van der Waals surface area contributed by atoms with Crippen LogP contribution in [0.15, 0.2) is 42.6 Å². The van der Waals surface area contributed by atoms with Gasteiger partial charge in [0.05, 0.1) is 24.7 Å². The first kappa shape index (κ1) is 21.2. The molecular formula is C20H24N6O4S. The van der Waals surface area contributed by atoms with Crippen molar-refractivity contribution in [3.63, 3.8) is 0 Å². The molecule has 1 aliphatic rings. The van der Waals surface area contributed by atoms with Gasteiger partial charge in [-0.25, -0.2) is 9.97 Å². The summed E-state index contributed by atoms with van der Waals surface area (Å²) in [6, 6.07) is 10.5. The zero-order chi connectivity index (χ0) is 21.8. The highest BCUT2D eigenvalue weighted by atomic mass is 32.3. The Morgan fingerprint density at radius 1 is 1.19 bits per heavy atom. The summed E-state index contributed by atoms with van der Waals surface area (Å²) in [7, 11) is -2.75. The molecule has 10 nitrogen and oxygen atoms in total. The van der Waals surface area contributed by atoms with Crippen molar-refractivity contribution in [3.05, 3.63) is 54.0 Å². The van der Waals surface area contributed by atoms with Gasteiger partial charge >= 0.3 is 0 Å². The predicted octanol–water partition coefficient (Wildman–Crippen LogP) is 2.84. The van der Waals surface area contributed by atoms with Crippen molar-refractivity contribution in [2.75, 3.05) is 42.8 Å². The molecule has 1 aliphatic heterocycles. The van der Waals surface area contributed by atoms with Gasteiger partial charge < -0.3 is 15.0 Å². The normalized spacial score (nSPS) is 15.0. The summed E-state index contributed by atoms with van der Waals surface area (Å²) in [4.78, 5) is 23.5. The van der Waals surface area contributed by atoms with Crippen LogP contribution in [0.2, 0.25) is 0 Å². The van der Waals surface area contributed by atoms with E-state index in [1.54, 1.807) is 24.3 Å². The van der Waals surface area contributed by atoms with Crippen molar-refractivity contribution in [2.24, 2.45) is 0 Å². The molecule has 0 atom stereocenters. The molecule has 4 rings (SSSR count). The SMILES string of the molecule is CS(O)(O)Cc1cc(N2CCOCC2)nc(-c2ccc(NC(=O)c3ccn[nH]3)cc2)n1. The maximum atomic E-state index is 12.2. The first-order valence-electron chi connectivity index (χ1n) is 9.70. The molecule has 4 N–H and O–H groups in total. The highest BCUT2D eigenvalue weighted by Gasteiger charge is 2.18. The van der Waals surface area contributed by atoms with E-state index in [1.807, 2.05) is 12.1 Å². The second-order valence-corrected chi connectivity index (χ2v) is 9.56. The summed E-state index contributed by atoms with van der Waals surface area (Å²) in [6.45, 7) is 2.64. The Morgan fingerprint density at radius 3 is 2.58 bits per heavy atom. The molecule has 1 saturated heterocycles. The molecule has 164 valence electrons. The van der Waals surface area contributed by atoms with Crippen molar-refractivity contribution in [1.82, 2.24) is 20.2 Å². The number of nitrogens with one attached hydrogen (secondary N) is 2. The Labute approximate surface area is 181 Å². The number of hydrogen-bond acceptors (Lipinski definition) is 8. The van der Waals surface area contributed by atoms with Crippen LogP contribution in [0.5, 0.6) is 0 Å². The van der Waals surface area contributed by atoms with E-state index in [0.717, 1.165) is 11.4 Å². The minimum atomic E-state index is -2.75. The average molecular weight is 445 g/mol. The molecule has 11 heteroatoms. The van der Waals surface area contributed by atoms with Gasteiger partial charge in [0.15, 0.2) is 5.82 Å². The van der Waals surface area contributed by atoms with Gasteiger partial charge in [-0.05, 0) is 30.3 Å². The number of nitrogens with zero attached hydrogens (tertiary/aromatic N) is 4. The van der Waals surface area contributed by atoms with Crippen molar-refractivity contribution < 1.29 is 18.6 Å². The maximum Gasteiger partial charge on any atom is 0.273 e. The van der Waals surface area contributed by atoms with E-state index in [-0.39, 0.29) is 11.7 Å². The van der Waals surface area contributed by atoms with E-state index in [4.69, 9.17) is 9.72 Å². The molecule has 1 aromatic carbocycles.